The van der Waals surface area contributed by atoms with Crippen molar-refractivity contribution in [3.8, 4) is 0 Å². The SMILES string of the molecule is CCNc1c(NCCCC(C)C)c(=S)c1=O. The zero-order chi connectivity index (χ0) is 12.1. The topological polar surface area (TPSA) is 41.1 Å². The quantitative estimate of drug-likeness (QED) is 0.568. The van der Waals surface area contributed by atoms with Gasteiger partial charge in [-0.2, -0.15) is 0 Å². The van der Waals surface area contributed by atoms with Crippen LogP contribution in [0.25, 0.3) is 0 Å². The van der Waals surface area contributed by atoms with E-state index < -0.39 is 0 Å². The maximum absolute atomic E-state index is 11.4. The molecule has 0 radical (unpaired) electrons. The first-order valence-corrected chi connectivity index (χ1v) is 6.29. The average molecular weight is 240 g/mol. The molecule has 0 bridgehead atoms. The molecule has 0 aliphatic rings. The van der Waals surface area contributed by atoms with Gasteiger partial charge in [-0.15, -0.1) is 0 Å². The van der Waals surface area contributed by atoms with E-state index in [0.29, 0.717) is 10.2 Å². The van der Waals surface area contributed by atoms with Crippen LogP contribution in [0, 0.1) is 10.4 Å². The van der Waals surface area contributed by atoms with Crippen molar-refractivity contribution in [2.24, 2.45) is 5.92 Å². The van der Waals surface area contributed by atoms with Crippen molar-refractivity contribution in [2.75, 3.05) is 23.7 Å². The van der Waals surface area contributed by atoms with Gasteiger partial charge in [-0.25, -0.2) is 0 Å². The molecule has 0 amide bonds. The number of anilines is 2. The van der Waals surface area contributed by atoms with Gasteiger partial charge in [-0.1, -0.05) is 26.1 Å². The molecule has 4 heteroatoms. The van der Waals surface area contributed by atoms with Crippen molar-refractivity contribution >= 4 is 23.6 Å². The summed E-state index contributed by atoms with van der Waals surface area (Å²) in [6.07, 6.45) is 2.30. The summed E-state index contributed by atoms with van der Waals surface area (Å²) in [5.41, 5.74) is 1.48. The first kappa shape index (κ1) is 13.2. The summed E-state index contributed by atoms with van der Waals surface area (Å²) in [5, 5.41) is 6.29. The Balaban J connectivity index is 2.45. The van der Waals surface area contributed by atoms with Gasteiger partial charge >= 0.3 is 0 Å². The molecule has 0 aliphatic heterocycles. The molecule has 1 aromatic rings. The zero-order valence-electron chi connectivity index (χ0n) is 10.2. The molecule has 3 nitrogen and oxygen atoms in total. The van der Waals surface area contributed by atoms with E-state index in [0.717, 1.165) is 31.1 Å². The zero-order valence-corrected chi connectivity index (χ0v) is 11.0. The average Bonchev–Trinajstić information content (AvgIpc) is 2.26. The maximum atomic E-state index is 11.4. The van der Waals surface area contributed by atoms with Crippen LogP contribution < -0.4 is 16.1 Å². The lowest BCUT2D eigenvalue weighted by atomic mass is 10.1. The predicted molar refractivity (Wildman–Crippen MR) is 72.6 cm³/mol. The van der Waals surface area contributed by atoms with E-state index in [1.165, 1.54) is 6.42 Å². The Bertz CT molecular complexity index is 405. The van der Waals surface area contributed by atoms with Crippen LogP contribution in [0.2, 0.25) is 0 Å². The van der Waals surface area contributed by atoms with Crippen molar-refractivity contribution < 1.29 is 0 Å². The van der Waals surface area contributed by atoms with Crippen LogP contribution >= 0.6 is 12.2 Å². The van der Waals surface area contributed by atoms with Crippen molar-refractivity contribution in [3.05, 3.63) is 14.7 Å². The fourth-order valence-corrected chi connectivity index (χ4v) is 1.91. The molecule has 0 saturated carbocycles. The predicted octanol–water partition coefficient (Wildman–Crippen LogP) is 2.93. The monoisotopic (exact) mass is 240 g/mol. The molecule has 0 aromatic heterocycles. The van der Waals surface area contributed by atoms with Gasteiger partial charge in [0.15, 0.2) is 0 Å². The van der Waals surface area contributed by atoms with Crippen LogP contribution in [-0.2, 0) is 0 Å². The Morgan fingerprint density at radius 1 is 1.25 bits per heavy atom. The highest BCUT2D eigenvalue weighted by atomic mass is 32.1. The van der Waals surface area contributed by atoms with Gasteiger partial charge in [0.25, 0.3) is 0 Å². The first-order chi connectivity index (χ1) is 7.57. The number of nitrogens with one attached hydrogen (secondary N) is 2. The van der Waals surface area contributed by atoms with E-state index in [1.54, 1.807) is 0 Å². The molecule has 0 unspecified atom stereocenters. The molecule has 2 N–H and O–H groups in total. The Morgan fingerprint density at radius 2 is 1.94 bits per heavy atom. The molecule has 1 aromatic carbocycles. The van der Waals surface area contributed by atoms with Gasteiger partial charge in [0, 0.05) is 13.1 Å². The summed E-state index contributed by atoms with van der Waals surface area (Å²) in [6.45, 7) is 8.02. The van der Waals surface area contributed by atoms with Crippen LogP contribution in [0.3, 0.4) is 0 Å². The standard InChI is InChI=1S/C12H20N2OS/c1-4-13-9-10(12(16)11(9)15)14-7-5-6-8(2)3/h8,13-14H,4-7H2,1-3H3. The molecule has 0 aliphatic carbocycles. The molecule has 0 fully saturated rings. The molecule has 90 valence electrons. The Labute approximate surface area is 102 Å². The minimum absolute atomic E-state index is 0.0248. The number of rotatable bonds is 7. The molecule has 1 rings (SSSR count). The lowest BCUT2D eigenvalue weighted by molar-refractivity contribution is 0.567. The fraction of sp³-hybridized carbons (Fsp3) is 0.667. The van der Waals surface area contributed by atoms with Gasteiger partial charge in [0.2, 0.25) is 5.43 Å². The summed E-state index contributed by atoms with van der Waals surface area (Å²) in [6, 6.07) is 0. The van der Waals surface area contributed by atoms with E-state index in [2.05, 4.69) is 24.5 Å². The third-order valence-corrected chi connectivity index (χ3v) is 2.91. The summed E-state index contributed by atoms with van der Waals surface area (Å²) in [7, 11) is 0. The van der Waals surface area contributed by atoms with Crippen molar-refractivity contribution in [2.45, 2.75) is 33.6 Å². The van der Waals surface area contributed by atoms with Gasteiger partial charge in [-0.05, 0) is 25.7 Å². The second-order valence-electron chi connectivity index (χ2n) is 4.40. The highest BCUT2D eigenvalue weighted by Gasteiger charge is 2.15. The van der Waals surface area contributed by atoms with E-state index in [1.807, 2.05) is 6.92 Å². The molecular weight excluding hydrogens is 220 g/mol. The van der Waals surface area contributed by atoms with Crippen LogP contribution in [0.4, 0.5) is 11.4 Å². The minimum Gasteiger partial charge on any atom is -0.382 e. The Morgan fingerprint density at radius 3 is 2.50 bits per heavy atom. The van der Waals surface area contributed by atoms with Gasteiger partial charge < -0.3 is 10.6 Å². The van der Waals surface area contributed by atoms with E-state index in [4.69, 9.17) is 12.2 Å². The van der Waals surface area contributed by atoms with Gasteiger partial charge in [0.1, 0.15) is 10.2 Å². The third-order valence-electron chi connectivity index (χ3n) is 2.52. The Hall–Kier alpha value is -0.900. The van der Waals surface area contributed by atoms with Crippen LogP contribution in [0.15, 0.2) is 4.79 Å². The molecule has 0 saturated heterocycles. The highest BCUT2D eigenvalue weighted by Crippen LogP contribution is 2.22. The summed E-state index contributed by atoms with van der Waals surface area (Å²) < 4.78 is 0.445. The number of hydrogen-bond donors (Lipinski definition) is 2. The smallest absolute Gasteiger partial charge is 0.223 e. The summed E-state index contributed by atoms with van der Waals surface area (Å²) >= 11 is 5.01. The van der Waals surface area contributed by atoms with E-state index in [9.17, 15) is 4.79 Å². The summed E-state index contributed by atoms with van der Waals surface area (Å²) in [4.78, 5) is 11.4. The summed E-state index contributed by atoms with van der Waals surface area (Å²) in [5.74, 6) is 0.721. The number of hydrogen-bond acceptors (Lipinski definition) is 4. The molecular formula is C12H20N2OS. The maximum Gasteiger partial charge on any atom is 0.223 e. The van der Waals surface area contributed by atoms with Gasteiger partial charge in [-0.3, -0.25) is 4.79 Å². The fourth-order valence-electron chi connectivity index (χ4n) is 1.63. The van der Waals surface area contributed by atoms with Crippen LogP contribution in [0.5, 0.6) is 0 Å². The normalized spacial score (nSPS) is 11.0. The van der Waals surface area contributed by atoms with E-state index in [-0.39, 0.29) is 5.43 Å². The van der Waals surface area contributed by atoms with Crippen molar-refractivity contribution in [1.29, 1.82) is 0 Å². The molecule has 0 atom stereocenters. The first-order valence-electron chi connectivity index (χ1n) is 5.89. The van der Waals surface area contributed by atoms with Crippen molar-refractivity contribution in [3.63, 3.8) is 0 Å². The highest BCUT2D eigenvalue weighted by molar-refractivity contribution is 7.71. The molecule has 16 heavy (non-hydrogen) atoms. The minimum atomic E-state index is -0.0248. The molecule has 0 spiro atoms. The van der Waals surface area contributed by atoms with E-state index >= 15 is 0 Å². The second kappa shape index (κ2) is 5.99. The third kappa shape index (κ3) is 3.04. The Kier molecular flexibility index (Phi) is 4.93. The molecule has 0 heterocycles. The van der Waals surface area contributed by atoms with Gasteiger partial charge in [0.05, 0.1) is 5.69 Å². The second-order valence-corrected chi connectivity index (χ2v) is 4.81. The van der Waals surface area contributed by atoms with Crippen LogP contribution in [-0.4, -0.2) is 13.1 Å². The van der Waals surface area contributed by atoms with Crippen LogP contribution in [0.1, 0.15) is 33.6 Å². The largest absolute Gasteiger partial charge is 0.382 e. The lowest BCUT2D eigenvalue weighted by Gasteiger charge is -2.15. The van der Waals surface area contributed by atoms with Crippen molar-refractivity contribution in [1.82, 2.24) is 0 Å². The lowest BCUT2D eigenvalue weighted by Crippen LogP contribution is -2.22.